The maximum atomic E-state index is 12.5. The summed E-state index contributed by atoms with van der Waals surface area (Å²) in [5, 5.41) is 12.4. The van der Waals surface area contributed by atoms with Gasteiger partial charge in [0.2, 0.25) is 5.91 Å². The van der Waals surface area contributed by atoms with E-state index in [1.807, 2.05) is 30.3 Å². The Kier molecular flexibility index (Phi) is 7.20. The number of benzene rings is 2. The molecule has 2 aromatic rings. The van der Waals surface area contributed by atoms with Gasteiger partial charge in [-0.2, -0.15) is 13.2 Å². The van der Waals surface area contributed by atoms with Crippen molar-refractivity contribution in [2.24, 2.45) is 5.73 Å². The SMILES string of the molecule is N[C@@H](Cc1ccccc1)C(=O)NCC(O)COc1ccc(C(F)(F)F)cc1. The zero-order valence-corrected chi connectivity index (χ0v) is 14.4. The lowest BCUT2D eigenvalue weighted by atomic mass is 10.1. The van der Waals surface area contributed by atoms with E-state index in [1.165, 1.54) is 12.1 Å². The van der Waals surface area contributed by atoms with Crippen LogP contribution in [0.25, 0.3) is 0 Å². The molecule has 0 aliphatic carbocycles. The summed E-state index contributed by atoms with van der Waals surface area (Å²) >= 11 is 0. The lowest BCUT2D eigenvalue weighted by molar-refractivity contribution is -0.137. The van der Waals surface area contributed by atoms with Gasteiger partial charge in [-0.15, -0.1) is 0 Å². The predicted molar refractivity (Wildman–Crippen MR) is 94.1 cm³/mol. The van der Waals surface area contributed by atoms with Crippen molar-refractivity contribution in [3.63, 3.8) is 0 Å². The molecule has 1 unspecified atom stereocenters. The molecule has 0 fully saturated rings. The van der Waals surface area contributed by atoms with Crippen molar-refractivity contribution in [2.45, 2.75) is 24.7 Å². The first-order chi connectivity index (χ1) is 12.8. The molecule has 0 aliphatic rings. The van der Waals surface area contributed by atoms with Crippen LogP contribution in [0.3, 0.4) is 0 Å². The molecule has 2 rings (SSSR count). The molecular formula is C19H21F3N2O3. The summed E-state index contributed by atoms with van der Waals surface area (Å²) < 4.78 is 42.7. The van der Waals surface area contributed by atoms with Crippen LogP contribution in [0.5, 0.6) is 5.75 Å². The Hall–Kier alpha value is -2.58. The normalized spacial score (nSPS) is 13.7. The van der Waals surface area contributed by atoms with Crippen molar-refractivity contribution in [3.05, 3.63) is 65.7 Å². The van der Waals surface area contributed by atoms with E-state index in [2.05, 4.69) is 5.32 Å². The largest absolute Gasteiger partial charge is 0.491 e. The quantitative estimate of drug-likeness (QED) is 0.653. The average Bonchev–Trinajstić information content (AvgIpc) is 2.64. The molecular weight excluding hydrogens is 361 g/mol. The number of hydrogen-bond acceptors (Lipinski definition) is 4. The number of carbonyl (C=O) groups is 1. The van der Waals surface area contributed by atoms with E-state index in [-0.39, 0.29) is 18.9 Å². The third-order valence-corrected chi connectivity index (χ3v) is 3.77. The molecule has 27 heavy (non-hydrogen) atoms. The van der Waals surface area contributed by atoms with Gasteiger partial charge in [-0.25, -0.2) is 0 Å². The van der Waals surface area contributed by atoms with Gasteiger partial charge >= 0.3 is 6.18 Å². The summed E-state index contributed by atoms with van der Waals surface area (Å²) in [6.07, 6.45) is -5.08. The highest BCUT2D eigenvalue weighted by Crippen LogP contribution is 2.30. The van der Waals surface area contributed by atoms with Gasteiger partial charge in [0.25, 0.3) is 0 Å². The number of hydrogen-bond donors (Lipinski definition) is 3. The molecule has 4 N–H and O–H groups in total. The number of alkyl halides is 3. The van der Waals surface area contributed by atoms with E-state index in [1.54, 1.807) is 0 Å². The Bertz CT molecular complexity index is 721. The Morgan fingerprint density at radius 3 is 2.33 bits per heavy atom. The lowest BCUT2D eigenvalue weighted by Crippen LogP contribution is -2.45. The van der Waals surface area contributed by atoms with Crippen LogP contribution in [0.4, 0.5) is 13.2 Å². The summed E-state index contributed by atoms with van der Waals surface area (Å²) in [4.78, 5) is 12.0. The number of halogens is 3. The Labute approximate surface area is 154 Å². The number of rotatable bonds is 8. The average molecular weight is 382 g/mol. The maximum absolute atomic E-state index is 12.5. The monoisotopic (exact) mass is 382 g/mol. The molecule has 0 heterocycles. The molecule has 2 aromatic carbocycles. The third-order valence-electron chi connectivity index (χ3n) is 3.77. The highest BCUT2D eigenvalue weighted by Gasteiger charge is 2.30. The van der Waals surface area contributed by atoms with Crippen molar-refractivity contribution < 1.29 is 27.8 Å². The van der Waals surface area contributed by atoms with E-state index in [0.29, 0.717) is 6.42 Å². The van der Waals surface area contributed by atoms with Gasteiger partial charge in [0.1, 0.15) is 18.5 Å². The van der Waals surface area contributed by atoms with Gasteiger partial charge in [0.05, 0.1) is 11.6 Å². The number of aliphatic hydroxyl groups is 1. The minimum atomic E-state index is -4.42. The van der Waals surface area contributed by atoms with E-state index >= 15 is 0 Å². The van der Waals surface area contributed by atoms with E-state index in [0.717, 1.165) is 17.7 Å². The molecule has 1 amide bonds. The molecule has 0 saturated carbocycles. The smallest absolute Gasteiger partial charge is 0.416 e. The fourth-order valence-corrected chi connectivity index (χ4v) is 2.30. The second kappa shape index (κ2) is 9.38. The zero-order chi connectivity index (χ0) is 19.9. The first-order valence-electron chi connectivity index (χ1n) is 8.31. The Balaban J connectivity index is 1.72. The van der Waals surface area contributed by atoms with Crippen LogP contribution in [-0.2, 0) is 17.4 Å². The van der Waals surface area contributed by atoms with E-state index in [9.17, 15) is 23.1 Å². The van der Waals surface area contributed by atoms with Gasteiger partial charge < -0.3 is 20.9 Å². The summed E-state index contributed by atoms with van der Waals surface area (Å²) in [6, 6.07) is 12.7. The van der Waals surface area contributed by atoms with Crippen LogP contribution in [0.2, 0.25) is 0 Å². The Morgan fingerprint density at radius 1 is 1.11 bits per heavy atom. The van der Waals surface area contributed by atoms with Gasteiger partial charge in [0, 0.05) is 6.54 Å². The van der Waals surface area contributed by atoms with Crippen molar-refractivity contribution in [1.82, 2.24) is 5.32 Å². The number of ether oxygens (including phenoxy) is 1. The standard InChI is InChI=1S/C19H21F3N2O3/c20-19(21,22)14-6-8-16(9-7-14)27-12-15(25)11-24-18(26)17(23)10-13-4-2-1-3-5-13/h1-9,15,17,25H,10-12,23H2,(H,24,26)/t15?,17-/m0/s1. The molecule has 0 radical (unpaired) electrons. The Morgan fingerprint density at radius 2 is 1.74 bits per heavy atom. The van der Waals surface area contributed by atoms with Crippen LogP contribution in [0.15, 0.2) is 54.6 Å². The third kappa shape index (κ3) is 6.92. The molecule has 0 spiro atoms. The predicted octanol–water partition coefficient (Wildman–Crippen LogP) is 2.13. The number of carbonyl (C=O) groups excluding carboxylic acids is 1. The number of nitrogens with one attached hydrogen (secondary N) is 1. The van der Waals surface area contributed by atoms with Crippen molar-refractivity contribution in [3.8, 4) is 5.75 Å². The highest BCUT2D eigenvalue weighted by atomic mass is 19.4. The second-order valence-electron chi connectivity index (χ2n) is 6.03. The zero-order valence-electron chi connectivity index (χ0n) is 14.4. The summed E-state index contributed by atoms with van der Waals surface area (Å²) in [5.74, 6) is -0.221. The summed E-state index contributed by atoms with van der Waals surface area (Å²) in [7, 11) is 0. The van der Waals surface area contributed by atoms with Crippen molar-refractivity contribution >= 4 is 5.91 Å². The molecule has 0 bridgehead atoms. The molecule has 0 saturated heterocycles. The van der Waals surface area contributed by atoms with E-state index < -0.39 is 29.8 Å². The summed E-state index contributed by atoms with van der Waals surface area (Å²) in [6.45, 7) is -0.262. The summed E-state index contributed by atoms with van der Waals surface area (Å²) in [5.41, 5.74) is 5.97. The second-order valence-corrected chi connectivity index (χ2v) is 6.03. The molecule has 8 heteroatoms. The van der Waals surface area contributed by atoms with Crippen LogP contribution in [0.1, 0.15) is 11.1 Å². The maximum Gasteiger partial charge on any atom is 0.416 e. The van der Waals surface area contributed by atoms with Crippen LogP contribution < -0.4 is 15.8 Å². The van der Waals surface area contributed by atoms with Crippen LogP contribution >= 0.6 is 0 Å². The molecule has 5 nitrogen and oxygen atoms in total. The number of nitrogens with two attached hydrogens (primary N) is 1. The number of aliphatic hydroxyl groups excluding tert-OH is 1. The first-order valence-corrected chi connectivity index (χ1v) is 8.31. The van der Waals surface area contributed by atoms with Gasteiger partial charge in [0.15, 0.2) is 0 Å². The minimum Gasteiger partial charge on any atom is -0.491 e. The van der Waals surface area contributed by atoms with Crippen molar-refractivity contribution in [1.29, 1.82) is 0 Å². The van der Waals surface area contributed by atoms with Crippen LogP contribution in [-0.4, -0.2) is 36.3 Å². The fourth-order valence-electron chi connectivity index (χ4n) is 2.30. The lowest BCUT2D eigenvalue weighted by Gasteiger charge is -2.16. The molecule has 0 aromatic heterocycles. The van der Waals surface area contributed by atoms with Gasteiger partial charge in [-0.1, -0.05) is 30.3 Å². The van der Waals surface area contributed by atoms with Crippen LogP contribution in [0, 0.1) is 0 Å². The minimum absolute atomic E-state index is 0.0814. The van der Waals surface area contributed by atoms with Crippen molar-refractivity contribution in [2.75, 3.05) is 13.2 Å². The molecule has 2 atom stereocenters. The fraction of sp³-hybridized carbons (Fsp3) is 0.316. The van der Waals surface area contributed by atoms with E-state index in [4.69, 9.17) is 10.5 Å². The molecule has 0 aliphatic heterocycles. The molecule has 146 valence electrons. The van der Waals surface area contributed by atoms with Gasteiger partial charge in [-0.3, -0.25) is 4.79 Å². The first kappa shape index (κ1) is 20.7. The highest BCUT2D eigenvalue weighted by molar-refractivity contribution is 5.81. The van der Waals surface area contributed by atoms with Gasteiger partial charge in [-0.05, 0) is 36.2 Å². The topological polar surface area (TPSA) is 84.6 Å². The number of amides is 1.